The van der Waals surface area contributed by atoms with Crippen molar-refractivity contribution in [3.05, 3.63) is 60.2 Å². The molecule has 0 spiro atoms. The van der Waals surface area contributed by atoms with Crippen LogP contribution in [0.3, 0.4) is 0 Å². The second-order valence-electron chi connectivity index (χ2n) is 6.69. The molecule has 5 heteroatoms. The van der Waals surface area contributed by atoms with Crippen molar-refractivity contribution in [3.8, 4) is 0 Å². The van der Waals surface area contributed by atoms with Crippen LogP contribution in [0.25, 0.3) is 0 Å². The van der Waals surface area contributed by atoms with Gasteiger partial charge in [-0.15, -0.1) is 0 Å². The molecule has 25 heavy (non-hydrogen) atoms. The van der Waals surface area contributed by atoms with Crippen LogP contribution in [0.5, 0.6) is 0 Å². The Labute approximate surface area is 148 Å². The van der Waals surface area contributed by atoms with E-state index in [0.717, 1.165) is 44.0 Å². The standard InChI is InChI=1S/C20H24N4O/c25-20(22-17-10-11-21-14-17)24-13-12-23(15-16-6-2-1-3-7-16)18-8-4-5-9-19(18)24/h1-9,17,21H,10-15H2,(H,22,25)/t17-/m1/s1. The fourth-order valence-corrected chi connectivity index (χ4v) is 3.63. The van der Waals surface area contributed by atoms with Gasteiger partial charge in [0.25, 0.3) is 0 Å². The van der Waals surface area contributed by atoms with Crippen LogP contribution < -0.4 is 20.4 Å². The highest BCUT2D eigenvalue weighted by Gasteiger charge is 2.28. The number of anilines is 2. The van der Waals surface area contributed by atoms with E-state index in [4.69, 9.17) is 0 Å². The molecule has 1 atom stereocenters. The summed E-state index contributed by atoms with van der Waals surface area (Å²) in [6.07, 6.45) is 1.00. The molecule has 2 aliphatic heterocycles. The average molecular weight is 336 g/mol. The topological polar surface area (TPSA) is 47.6 Å². The Morgan fingerprint density at radius 2 is 1.80 bits per heavy atom. The van der Waals surface area contributed by atoms with Crippen LogP contribution in [0.4, 0.5) is 16.2 Å². The molecule has 130 valence electrons. The number of rotatable bonds is 3. The van der Waals surface area contributed by atoms with Crippen molar-refractivity contribution in [3.63, 3.8) is 0 Å². The van der Waals surface area contributed by atoms with Gasteiger partial charge in [-0.05, 0) is 30.7 Å². The Kier molecular flexibility index (Phi) is 4.57. The van der Waals surface area contributed by atoms with Gasteiger partial charge in [-0.1, -0.05) is 42.5 Å². The minimum atomic E-state index is 0.0144. The first-order valence-electron chi connectivity index (χ1n) is 8.98. The van der Waals surface area contributed by atoms with E-state index >= 15 is 0 Å². The first-order valence-corrected chi connectivity index (χ1v) is 8.98. The highest BCUT2D eigenvalue weighted by molar-refractivity contribution is 5.97. The highest BCUT2D eigenvalue weighted by atomic mass is 16.2. The SMILES string of the molecule is O=C(N[C@@H]1CCNC1)N1CCN(Cc2ccccc2)c2ccccc21. The highest BCUT2D eigenvalue weighted by Crippen LogP contribution is 2.33. The molecule has 0 unspecified atom stereocenters. The van der Waals surface area contributed by atoms with E-state index < -0.39 is 0 Å². The van der Waals surface area contributed by atoms with E-state index in [1.54, 1.807) is 0 Å². The molecule has 5 nitrogen and oxygen atoms in total. The summed E-state index contributed by atoms with van der Waals surface area (Å²) >= 11 is 0. The number of amides is 2. The molecule has 4 rings (SSSR count). The zero-order valence-electron chi connectivity index (χ0n) is 14.3. The predicted octanol–water partition coefficient (Wildman–Crippen LogP) is 2.58. The zero-order chi connectivity index (χ0) is 17.1. The van der Waals surface area contributed by atoms with Crippen molar-refractivity contribution >= 4 is 17.4 Å². The van der Waals surface area contributed by atoms with Gasteiger partial charge >= 0.3 is 6.03 Å². The summed E-state index contributed by atoms with van der Waals surface area (Å²) in [5.41, 5.74) is 3.40. The number of carbonyl (C=O) groups is 1. The third kappa shape index (κ3) is 3.46. The Hall–Kier alpha value is -2.53. The lowest BCUT2D eigenvalue weighted by Crippen LogP contribution is -2.50. The Morgan fingerprint density at radius 3 is 2.56 bits per heavy atom. The van der Waals surface area contributed by atoms with E-state index in [2.05, 4.69) is 45.9 Å². The first-order chi connectivity index (χ1) is 12.3. The fraction of sp³-hybridized carbons (Fsp3) is 0.350. The molecule has 1 fully saturated rings. The van der Waals surface area contributed by atoms with Crippen molar-refractivity contribution in [1.29, 1.82) is 0 Å². The third-order valence-electron chi connectivity index (χ3n) is 4.96. The van der Waals surface area contributed by atoms with E-state index in [0.29, 0.717) is 6.54 Å². The smallest absolute Gasteiger partial charge is 0.322 e. The van der Waals surface area contributed by atoms with Gasteiger partial charge in [0.1, 0.15) is 0 Å². The van der Waals surface area contributed by atoms with Crippen molar-refractivity contribution in [2.24, 2.45) is 0 Å². The first kappa shape index (κ1) is 16.0. The molecule has 2 aromatic rings. The molecule has 2 aromatic carbocycles. The van der Waals surface area contributed by atoms with Crippen LogP contribution in [0.2, 0.25) is 0 Å². The molecule has 0 saturated carbocycles. The summed E-state index contributed by atoms with van der Waals surface area (Å²) < 4.78 is 0. The van der Waals surface area contributed by atoms with Crippen molar-refractivity contribution in [1.82, 2.24) is 10.6 Å². The van der Waals surface area contributed by atoms with Crippen molar-refractivity contribution in [2.75, 3.05) is 36.0 Å². The van der Waals surface area contributed by atoms with Crippen LogP contribution in [0.15, 0.2) is 54.6 Å². The second-order valence-corrected chi connectivity index (χ2v) is 6.69. The van der Waals surface area contributed by atoms with Gasteiger partial charge < -0.3 is 15.5 Å². The van der Waals surface area contributed by atoms with E-state index in [9.17, 15) is 4.79 Å². The second kappa shape index (κ2) is 7.15. The summed E-state index contributed by atoms with van der Waals surface area (Å²) in [5, 5.41) is 6.45. The summed E-state index contributed by atoms with van der Waals surface area (Å²) in [7, 11) is 0. The van der Waals surface area contributed by atoms with Gasteiger partial charge in [0, 0.05) is 32.2 Å². The number of urea groups is 1. The number of benzene rings is 2. The largest absolute Gasteiger partial charge is 0.364 e. The van der Waals surface area contributed by atoms with Crippen LogP contribution in [-0.4, -0.2) is 38.3 Å². The number of hydrogen-bond acceptors (Lipinski definition) is 3. The molecule has 2 aliphatic rings. The minimum Gasteiger partial charge on any atom is -0.364 e. The number of nitrogens with one attached hydrogen (secondary N) is 2. The number of fused-ring (bicyclic) bond motifs is 1. The molecule has 0 aromatic heterocycles. The maximum Gasteiger partial charge on any atom is 0.322 e. The van der Waals surface area contributed by atoms with Gasteiger partial charge in [-0.2, -0.15) is 0 Å². The molecule has 1 saturated heterocycles. The summed E-state index contributed by atoms with van der Waals surface area (Å²) in [4.78, 5) is 17.0. The summed E-state index contributed by atoms with van der Waals surface area (Å²) in [6, 6.07) is 18.9. The quantitative estimate of drug-likeness (QED) is 0.906. The van der Waals surface area contributed by atoms with Gasteiger partial charge in [-0.3, -0.25) is 4.90 Å². The number of hydrogen-bond donors (Lipinski definition) is 2. The zero-order valence-corrected chi connectivity index (χ0v) is 14.3. The van der Waals surface area contributed by atoms with Gasteiger partial charge in [0.15, 0.2) is 0 Å². The van der Waals surface area contributed by atoms with Crippen LogP contribution in [0, 0.1) is 0 Å². The molecular formula is C20H24N4O. The molecule has 0 bridgehead atoms. The van der Waals surface area contributed by atoms with Gasteiger partial charge in [-0.25, -0.2) is 4.79 Å². The monoisotopic (exact) mass is 336 g/mol. The Balaban J connectivity index is 1.53. The number of carbonyl (C=O) groups excluding carboxylic acids is 1. The molecular weight excluding hydrogens is 312 g/mol. The number of para-hydroxylation sites is 2. The lowest BCUT2D eigenvalue weighted by atomic mass is 10.1. The Bertz CT molecular complexity index is 727. The summed E-state index contributed by atoms with van der Waals surface area (Å²) in [5.74, 6) is 0. The van der Waals surface area contributed by atoms with Crippen molar-refractivity contribution in [2.45, 2.75) is 19.0 Å². The normalized spacial score (nSPS) is 19.6. The van der Waals surface area contributed by atoms with Crippen LogP contribution in [0.1, 0.15) is 12.0 Å². The van der Waals surface area contributed by atoms with Crippen LogP contribution >= 0.6 is 0 Å². The minimum absolute atomic E-state index is 0.0144. The third-order valence-corrected chi connectivity index (χ3v) is 4.96. The predicted molar refractivity (Wildman–Crippen MR) is 101 cm³/mol. The average Bonchev–Trinajstić information content (AvgIpc) is 3.16. The van der Waals surface area contributed by atoms with E-state index in [1.807, 2.05) is 29.2 Å². The molecule has 2 N–H and O–H groups in total. The van der Waals surface area contributed by atoms with E-state index in [1.165, 1.54) is 5.56 Å². The van der Waals surface area contributed by atoms with Gasteiger partial charge in [0.2, 0.25) is 0 Å². The molecule has 0 aliphatic carbocycles. The molecule has 2 heterocycles. The molecule has 0 radical (unpaired) electrons. The summed E-state index contributed by atoms with van der Waals surface area (Å²) in [6.45, 7) is 4.24. The lowest BCUT2D eigenvalue weighted by molar-refractivity contribution is 0.243. The lowest BCUT2D eigenvalue weighted by Gasteiger charge is -2.38. The maximum absolute atomic E-state index is 12.8. The van der Waals surface area contributed by atoms with Gasteiger partial charge in [0.05, 0.1) is 11.4 Å². The fourth-order valence-electron chi connectivity index (χ4n) is 3.63. The van der Waals surface area contributed by atoms with Crippen molar-refractivity contribution < 1.29 is 4.79 Å². The Morgan fingerprint density at radius 1 is 1.04 bits per heavy atom. The molecule has 2 amide bonds. The maximum atomic E-state index is 12.8. The number of nitrogens with zero attached hydrogens (tertiary/aromatic N) is 2. The van der Waals surface area contributed by atoms with E-state index in [-0.39, 0.29) is 12.1 Å². The van der Waals surface area contributed by atoms with Crippen LogP contribution in [-0.2, 0) is 6.54 Å².